The predicted molar refractivity (Wildman–Crippen MR) is 85.7 cm³/mol. The number of nitrogens with one attached hydrogen (secondary N) is 1. The summed E-state index contributed by atoms with van der Waals surface area (Å²) < 4.78 is 0. The van der Waals surface area contributed by atoms with Gasteiger partial charge in [-0.3, -0.25) is 4.79 Å². The van der Waals surface area contributed by atoms with Crippen LogP contribution in [-0.4, -0.2) is 36.0 Å². The average Bonchev–Trinajstić information content (AvgIpc) is 2.39. The van der Waals surface area contributed by atoms with E-state index >= 15 is 0 Å². The zero-order chi connectivity index (χ0) is 15.3. The molecule has 1 aliphatic rings. The molecular formula is C17H34N2O. The lowest BCUT2D eigenvalue weighted by molar-refractivity contribution is -0.140. The SMILES string of the molecule is CCC(CC)C(=O)N1CC(C(C)C)NCC1CC(C)C. The maximum absolute atomic E-state index is 12.8. The zero-order valence-electron chi connectivity index (χ0n) is 14.3. The van der Waals surface area contributed by atoms with Gasteiger partial charge in [-0.25, -0.2) is 0 Å². The summed E-state index contributed by atoms with van der Waals surface area (Å²) in [5, 5.41) is 3.64. The van der Waals surface area contributed by atoms with Gasteiger partial charge in [0.15, 0.2) is 0 Å². The Hall–Kier alpha value is -0.570. The number of carbonyl (C=O) groups is 1. The largest absolute Gasteiger partial charge is 0.337 e. The number of hydrogen-bond donors (Lipinski definition) is 1. The molecule has 1 N–H and O–H groups in total. The van der Waals surface area contributed by atoms with Gasteiger partial charge in [-0.05, 0) is 31.1 Å². The van der Waals surface area contributed by atoms with Crippen LogP contribution in [0.25, 0.3) is 0 Å². The highest BCUT2D eigenvalue weighted by Crippen LogP contribution is 2.22. The van der Waals surface area contributed by atoms with E-state index in [4.69, 9.17) is 0 Å². The Bertz CT molecular complexity index is 297. The van der Waals surface area contributed by atoms with E-state index in [1.807, 2.05) is 0 Å². The number of nitrogens with zero attached hydrogens (tertiary/aromatic N) is 1. The standard InChI is InChI=1S/C17H34N2O/c1-7-14(8-2)17(20)19-11-16(13(5)6)18-10-15(19)9-12(3)4/h12-16,18H,7-11H2,1-6H3. The summed E-state index contributed by atoms with van der Waals surface area (Å²) in [5.74, 6) is 1.80. The fourth-order valence-corrected chi connectivity index (χ4v) is 3.17. The molecule has 0 radical (unpaired) electrons. The number of amides is 1. The van der Waals surface area contributed by atoms with Crippen molar-refractivity contribution in [1.29, 1.82) is 0 Å². The number of hydrogen-bond acceptors (Lipinski definition) is 2. The number of rotatable bonds is 6. The van der Waals surface area contributed by atoms with Crippen LogP contribution in [0.4, 0.5) is 0 Å². The molecule has 1 rings (SSSR count). The van der Waals surface area contributed by atoms with Crippen LogP contribution in [0.15, 0.2) is 0 Å². The van der Waals surface area contributed by atoms with E-state index in [0.29, 0.717) is 29.8 Å². The highest BCUT2D eigenvalue weighted by atomic mass is 16.2. The molecule has 118 valence electrons. The van der Waals surface area contributed by atoms with Gasteiger partial charge < -0.3 is 10.2 Å². The van der Waals surface area contributed by atoms with Crippen LogP contribution in [0.5, 0.6) is 0 Å². The predicted octanol–water partition coefficient (Wildman–Crippen LogP) is 3.29. The lowest BCUT2D eigenvalue weighted by atomic mass is 9.92. The molecule has 0 aromatic rings. The molecule has 0 aromatic heterocycles. The van der Waals surface area contributed by atoms with E-state index < -0.39 is 0 Å². The highest BCUT2D eigenvalue weighted by Gasteiger charge is 2.34. The molecule has 3 nitrogen and oxygen atoms in total. The van der Waals surface area contributed by atoms with Crippen LogP contribution in [-0.2, 0) is 4.79 Å². The first-order valence-electron chi connectivity index (χ1n) is 8.44. The van der Waals surface area contributed by atoms with Crippen LogP contribution in [0.3, 0.4) is 0 Å². The monoisotopic (exact) mass is 282 g/mol. The summed E-state index contributed by atoms with van der Waals surface area (Å²) in [4.78, 5) is 15.0. The van der Waals surface area contributed by atoms with Gasteiger partial charge in [-0.15, -0.1) is 0 Å². The summed E-state index contributed by atoms with van der Waals surface area (Å²) in [6.07, 6.45) is 3.02. The number of piperazine rings is 1. The smallest absolute Gasteiger partial charge is 0.226 e. The zero-order valence-corrected chi connectivity index (χ0v) is 14.3. The second-order valence-corrected chi connectivity index (χ2v) is 7.05. The maximum atomic E-state index is 12.8. The molecule has 1 aliphatic heterocycles. The average molecular weight is 282 g/mol. The van der Waals surface area contributed by atoms with Crippen molar-refractivity contribution in [3.63, 3.8) is 0 Å². The normalized spacial score (nSPS) is 23.9. The summed E-state index contributed by atoms with van der Waals surface area (Å²) in [7, 11) is 0. The summed E-state index contributed by atoms with van der Waals surface area (Å²) >= 11 is 0. The van der Waals surface area contributed by atoms with E-state index in [0.717, 1.165) is 32.4 Å². The topological polar surface area (TPSA) is 32.3 Å². The van der Waals surface area contributed by atoms with Crippen molar-refractivity contribution in [3.8, 4) is 0 Å². The molecule has 20 heavy (non-hydrogen) atoms. The molecule has 0 bridgehead atoms. The van der Waals surface area contributed by atoms with E-state index in [9.17, 15) is 4.79 Å². The van der Waals surface area contributed by atoms with Crippen LogP contribution in [0.1, 0.15) is 60.8 Å². The Balaban J connectivity index is 2.82. The molecule has 2 atom stereocenters. The van der Waals surface area contributed by atoms with Crippen molar-refractivity contribution in [2.24, 2.45) is 17.8 Å². The van der Waals surface area contributed by atoms with Gasteiger partial charge in [0, 0.05) is 31.1 Å². The van der Waals surface area contributed by atoms with Crippen molar-refractivity contribution >= 4 is 5.91 Å². The summed E-state index contributed by atoms with van der Waals surface area (Å²) in [5.41, 5.74) is 0. The fraction of sp³-hybridized carbons (Fsp3) is 0.941. The fourth-order valence-electron chi connectivity index (χ4n) is 3.17. The van der Waals surface area contributed by atoms with Gasteiger partial charge in [0.25, 0.3) is 0 Å². The van der Waals surface area contributed by atoms with Crippen molar-refractivity contribution in [3.05, 3.63) is 0 Å². The third kappa shape index (κ3) is 4.47. The second kappa shape index (κ2) is 8.02. The molecule has 2 unspecified atom stereocenters. The minimum absolute atomic E-state index is 0.204. The molecule has 0 spiro atoms. The Morgan fingerprint density at radius 3 is 2.25 bits per heavy atom. The first-order valence-corrected chi connectivity index (χ1v) is 8.44. The van der Waals surface area contributed by atoms with Gasteiger partial charge in [-0.1, -0.05) is 41.5 Å². The Kier molecular flexibility index (Phi) is 7.01. The molecule has 3 heteroatoms. The summed E-state index contributed by atoms with van der Waals surface area (Å²) in [6, 6.07) is 0.815. The number of carbonyl (C=O) groups excluding carboxylic acids is 1. The van der Waals surface area contributed by atoms with E-state index in [-0.39, 0.29) is 5.92 Å². The molecule has 1 saturated heterocycles. The molecule has 1 fully saturated rings. The third-order valence-electron chi connectivity index (χ3n) is 4.62. The van der Waals surface area contributed by atoms with Crippen molar-refractivity contribution < 1.29 is 4.79 Å². The molecule has 0 aromatic carbocycles. The second-order valence-electron chi connectivity index (χ2n) is 7.05. The van der Waals surface area contributed by atoms with Gasteiger partial charge in [0.05, 0.1) is 0 Å². The minimum atomic E-state index is 0.204. The van der Waals surface area contributed by atoms with Gasteiger partial charge in [-0.2, -0.15) is 0 Å². The van der Waals surface area contributed by atoms with Crippen molar-refractivity contribution in [2.75, 3.05) is 13.1 Å². The highest BCUT2D eigenvalue weighted by molar-refractivity contribution is 5.79. The maximum Gasteiger partial charge on any atom is 0.226 e. The van der Waals surface area contributed by atoms with E-state index in [2.05, 4.69) is 51.8 Å². The molecular weight excluding hydrogens is 248 g/mol. The Morgan fingerprint density at radius 1 is 1.20 bits per heavy atom. The van der Waals surface area contributed by atoms with Gasteiger partial charge in [0.2, 0.25) is 5.91 Å². The molecule has 1 amide bonds. The lowest BCUT2D eigenvalue weighted by Crippen LogP contribution is -2.60. The first kappa shape index (κ1) is 17.5. The minimum Gasteiger partial charge on any atom is -0.337 e. The van der Waals surface area contributed by atoms with E-state index in [1.165, 1.54) is 0 Å². The summed E-state index contributed by atoms with van der Waals surface area (Å²) in [6.45, 7) is 15.1. The molecule has 1 heterocycles. The van der Waals surface area contributed by atoms with Crippen LogP contribution in [0, 0.1) is 17.8 Å². The Morgan fingerprint density at radius 2 is 1.80 bits per heavy atom. The van der Waals surface area contributed by atoms with Crippen molar-refractivity contribution in [1.82, 2.24) is 10.2 Å². The van der Waals surface area contributed by atoms with Crippen LogP contribution >= 0.6 is 0 Å². The van der Waals surface area contributed by atoms with Gasteiger partial charge in [0.1, 0.15) is 0 Å². The first-order chi connectivity index (χ1) is 9.40. The quantitative estimate of drug-likeness (QED) is 0.811. The van der Waals surface area contributed by atoms with Crippen LogP contribution < -0.4 is 5.32 Å². The lowest BCUT2D eigenvalue weighted by Gasteiger charge is -2.43. The van der Waals surface area contributed by atoms with Crippen molar-refractivity contribution in [2.45, 2.75) is 72.9 Å². The molecule has 0 saturated carbocycles. The third-order valence-corrected chi connectivity index (χ3v) is 4.62. The van der Waals surface area contributed by atoms with E-state index in [1.54, 1.807) is 0 Å². The molecule has 0 aliphatic carbocycles. The Labute approximate surface area is 125 Å². The van der Waals surface area contributed by atoms with Gasteiger partial charge >= 0.3 is 0 Å². The van der Waals surface area contributed by atoms with Crippen LogP contribution in [0.2, 0.25) is 0 Å².